The molecule has 1 fully saturated rings. The van der Waals surface area contributed by atoms with E-state index in [1.165, 1.54) is 25.7 Å². The Morgan fingerprint density at radius 3 is 2.65 bits per heavy atom. The van der Waals surface area contributed by atoms with Crippen LogP contribution in [0.4, 0.5) is 0 Å². The van der Waals surface area contributed by atoms with Crippen molar-refractivity contribution in [2.24, 2.45) is 11.8 Å². The summed E-state index contributed by atoms with van der Waals surface area (Å²) in [6, 6.07) is 0.759. The molecule has 0 aromatic rings. The smallest absolute Gasteiger partial charge is 0.0478 e. The van der Waals surface area contributed by atoms with Crippen LogP contribution in [0, 0.1) is 11.8 Å². The summed E-state index contributed by atoms with van der Waals surface area (Å²) in [7, 11) is 0. The molecule has 1 rings (SSSR count). The van der Waals surface area contributed by atoms with Crippen molar-refractivity contribution in [3.05, 3.63) is 0 Å². The van der Waals surface area contributed by atoms with Gasteiger partial charge in [0.2, 0.25) is 0 Å². The van der Waals surface area contributed by atoms with E-state index in [4.69, 9.17) is 4.74 Å². The van der Waals surface area contributed by atoms with E-state index in [9.17, 15) is 0 Å². The lowest BCUT2D eigenvalue weighted by molar-refractivity contribution is 0.128. The van der Waals surface area contributed by atoms with Crippen LogP contribution in [0.5, 0.6) is 0 Å². The van der Waals surface area contributed by atoms with Crippen LogP contribution in [0.3, 0.4) is 0 Å². The molecule has 0 amide bonds. The molecule has 0 bridgehead atoms. The lowest BCUT2D eigenvalue weighted by Crippen LogP contribution is -2.41. The number of ether oxygens (including phenoxy) is 1. The highest BCUT2D eigenvalue weighted by Crippen LogP contribution is 2.30. The van der Waals surface area contributed by atoms with Gasteiger partial charge in [0.15, 0.2) is 0 Å². The van der Waals surface area contributed by atoms with E-state index in [0.29, 0.717) is 0 Å². The van der Waals surface area contributed by atoms with Crippen molar-refractivity contribution in [1.82, 2.24) is 5.32 Å². The van der Waals surface area contributed by atoms with Crippen molar-refractivity contribution >= 4 is 0 Å². The van der Waals surface area contributed by atoms with Gasteiger partial charge in [0, 0.05) is 19.3 Å². The van der Waals surface area contributed by atoms with Crippen LogP contribution in [0.15, 0.2) is 0 Å². The summed E-state index contributed by atoms with van der Waals surface area (Å²) in [6.07, 6.45) is 7.92. The lowest BCUT2D eigenvalue weighted by Gasteiger charge is -2.35. The zero-order chi connectivity index (χ0) is 12.5. The molecule has 0 aromatic carbocycles. The maximum Gasteiger partial charge on any atom is 0.0478 e. The predicted molar refractivity (Wildman–Crippen MR) is 74.3 cm³/mol. The SMILES string of the molecule is CCCOCCCNC1CCCCC1C(C)C. The molecule has 0 saturated heterocycles. The van der Waals surface area contributed by atoms with Gasteiger partial charge in [0.25, 0.3) is 0 Å². The maximum absolute atomic E-state index is 5.51. The first-order chi connectivity index (χ1) is 8.25. The highest BCUT2D eigenvalue weighted by atomic mass is 16.5. The molecule has 102 valence electrons. The zero-order valence-electron chi connectivity index (χ0n) is 12.0. The van der Waals surface area contributed by atoms with E-state index in [-0.39, 0.29) is 0 Å². The topological polar surface area (TPSA) is 21.3 Å². The fraction of sp³-hybridized carbons (Fsp3) is 1.00. The fourth-order valence-electron chi connectivity index (χ4n) is 2.92. The monoisotopic (exact) mass is 241 g/mol. The molecule has 0 spiro atoms. The fourth-order valence-corrected chi connectivity index (χ4v) is 2.92. The van der Waals surface area contributed by atoms with Crippen LogP contribution >= 0.6 is 0 Å². The van der Waals surface area contributed by atoms with Crippen molar-refractivity contribution in [2.45, 2.75) is 65.3 Å². The Kier molecular flexibility index (Phi) is 7.87. The molecule has 1 saturated carbocycles. The van der Waals surface area contributed by atoms with Gasteiger partial charge < -0.3 is 10.1 Å². The molecule has 2 heteroatoms. The molecule has 17 heavy (non-hydrogen) atoms. The lowest BCUT2D eigenvalue weighted by atomic mass is 9.78. The van der Waals surface area contributed by atoms with Crippen LogP contribution in [-0.4, -0.2) is 25.8 Å². The van der Waals surface area contributed by atoms with Gasteiger partial charge in [0.05, 0.1) is 0 Å². The van der Waals surface area contributed by atoms with Crippen LogP contribution in [0.25, 0.3) is 0 Å². The molecule has 1 N–H and O–H groups in total. The van der Waals surface area contributed by atoms with E-state index in [1.807, 2.05) is 0 Å². The Bertz CT molecular complexity index is 182. The standard InChI is InChI=1S/C15H31NO/c1-4-11-17-12-7-10-16-15-9-6-5-8-14(15)13(2)3/h13-16H,4-12H2,1-3H3. The predicted octanol–water partition coefficient (Wildman–Crippen LogP) is 3.61. The summed E-state index contributed by atoms with van der Waals surface area (Å²) in [4.78, 5) is 0. The largest absolute Gasteiger partial charge is 0.381 e. The van der Waals surface area contributed by atoms with Gasteiger partial charge in [-0.1, -0.05) is 33.6 Å². The maximum atomic E-state index is 5.51. The van der Waals surface area contributed by atoms with Gasteiger partial charge in [-0.15, -0.1) is 0 Å². The molecular formula is C15H31NO. The van der Waals surface area contributed by atoms with Gasteiger partial charge >= 0.3 is 0 Å². The highest BCUT2D eigenvalue weighted by Gasteiger charge is 2.26. The van der Waals surface area contributed by atoms with Gasteiger partial charge in [0.1, 0.15) is 0 Å². The van der Waals surface area contributed by atoms with E-state index in [2.05, 4.69) is 26.1 Å². The van der Waals surface area contributed by atoms with E-state index in [1.54, 1.807) is 0 Å². The number of hydrogen-bond donors (Lipinski definition) is 1. The Morgan fingerprint density at radius 1 is 1.18 bits per heavy atom. The molecular weight excluding hydrogens is 210 g/mol. The Balaban J connectivity index is 2.11. The molecule has 0 radical (unpaired) electrons. The molecule has 0 aromatic heterocycles. The van der Waals surface area contributed by atoms with Crippen molar-refractivity contribution in [3.8, 4) is 0 Å². The van der Waals surface area contributed by atoms with Crippen LogP contribution in [-0.2, 0) is 4.74 Å². The van der Waals surface area contributed by atoms with E-state index in [0.717, 1.165) is 50.5 Å². The number of nitrogens with one attached hydrogen (secondary N) is 1. The first-order valence-corrected chi connectivity index (χ1v) is 7.56. The van der Waals surface area contributed by atoms with Crippen LogP contribution in [0.2, 0.25) is 0 Å². The van der Waals surface area contributed by atoms with Crippen molar-refractivity contribution in [3.63, 3.8) is 0 Å². The molecule has 1 aliphatic rings. The molecule has 2 atom stereocenters. The Labute approximate surface area is 108 Å². The summed E-state index contributed by atoms with van der Waals surface area (Å²) in [6.45, 7) is 9.85. The Hall–Kier alpha value is -0.0800. The minimum absolute atomic E-state index is 0.759. The minimum Gasteiger partial charge on any atom is -0.381 e. The molecule has 2 nitrogen and oxygen atoms in total. The second kappa shape index (κ2) is 8.93. The van der Waals surface area contributed by atoms with Crippen molar-refractivity contribution in [1.29, 1.82) is 0 Å². The van der Waals surface area contributed by atoms with E-state index >= 15 is 0 Å². The summed E-state index contributed by atoms with van der Waals surface area (Å²) in [5, 5.41) is 3.75. The van der Waals surface area contributed by atoms with Crippen molar-refractivity contribution < 1.29 is 4.74 Å². The second-order valence-corrected chi connectivity index (χ2v) is 5.72. The summed E-state index contributed by atoms with van der Waals surface area (Å²) in [5.41, 5.74) is 0. The van der Waals surface area contributed by atoms with E-state index < -0.39 is 0 Å². The third kappa shape index (κ3) is 5.87. The second-order valence-electron chi connectivity index (χ2n) is 5.72. The minimum atomic E-state index is 0.759. The molecule has 1 aliphatic carbocycles. The third-order valence-corrected chi connectivity index (χ3v) is 3.90. The summed E-state index contributed by atoms with van der Waals surface area (Å²) in [5.74, 6) is 1.71. The highest BCUT2D eigenvalue weighted by molar-refractivity contribution is 4.82. The number of hydrogen-bond acceptors (Lipinski definition) is 2. The van der Waals surface area contributed by atoms with Crippen LogP contribution in [0.1, 0.15) is 59.3 Å². The van der Waals surface area contributed by atoms with Gasteiger partial charge in [-0.2, -0.15) is 0 Å². The van der Waals surface area contributed by atoms with Gasteiger partial charge in [-0.05, 0) is 44.1 Å². The summed E-state index contributed by atoms with van der Waals surface area (Å²) < 4.78 is 5.51. The van der Waals surface area contributed by atoms with Gasteiger partial charge in [-0.25, -0.2) is 0 Å². The average Bonchev–Trinajstić information content (AvgIpc) is 2.34. The quantitative estimate of drug-likeness (QED) is 0.656. The molecule has 2 unspecified atom stereocenters. The van der Waals surface area contributed by atoms with Crippen LogP contribution < -0.4 is 5.32 Å². The Morgan fingerprint density at radius 2 is 1.94 bits per heavy atom. The molecule has 0 heterocycles. The van der Waals surface area contributed by atoms with Gasteiger partial charge in [-0.3, -0.25) is 0 Å². The third-order valence-electron chi connectivity index (χ3n) is 3.90. The summed E-state index contributed by atoms with van der Waals surface area (Å²) >= 11 is 0. The average molecular weight is 241 g/mol. The first-order valence-electron chi connectivity index (χ1n) is 7.56. The number of rotatable bonds is 8. The normalized spacial score (nSPS) is 25.4. The molecule has 0 aliphatic heterocycles. The first kappa shape index (κ1) is 15.0. The zero-order valence-corrected chi connectivity index (χ0v) is 12.0. The van der Waals surface area contributed by atoms with Crippen molar-refractivity contribution in [2.75, 3.05) is 19.8 Å².